The first-order valence-electron chi connectivity index (χ1n) is 15.0. The number of para-hydroxylation sites is 1. The van der Waals surface area contributed by atoms with Crippen LogP contribution in [0.25, 0.3) is 5.69 Å². The van der Waals surface area contributed by atoms with Crippen LogP contribution in [-0.4, -0.2) is 56.2 Å². The lowest BCUT2D eigenvalue weighted by molar-refractivity contribution is -0.127. The van der Waals surface area contributed by atoms with E-state index in [0.29, 0.717) is 36.4 Å². The normalized spacial score (nSPS) is 13.2. The smallest absolute Gasteiger partial charge is 0.320 e. The average molecular weight is 597 g/mol. The summed E-state index contributed by atoms with van der Waals surface area (Å²) in [5, 5.41) is 13.9. The number of amides is 3. The van der Waals surface area contributed by atoms with Gasteiger partial charge in [-0.25, -0.2) is 14.5 Å². The number of rotatable bonds is 11. The Morgan fingerprint density at radius 2 is 1.86 bits per heavy atom. The van der Waals surface area contributed by atoms with Gasteiger partial charge in [0.1, 0.15) is 11.6 Å². The Bertz CT molecular complexity index is 1590. The average Bonchev–Trinajstić information content (AvgIpc) is 3.61. The zero-order valence-corrected chi connectivity index (χ0v) is 25.8. The van der Waals surface area contributed by atoms with Gasteiger partial charge in [-0.15, -0.1) is 0 Å². The van der Waals surface area contributed by atoms with Crippen molar-refractivity contribution in [1.29, 1.82) is 0 Å². The van der Waals surface area contributed by atoms with Gasteiger partial charge in [-0.05, 0) is 38.0 Å². The highest BCUT2D eigenvalue weighted by Crippen LogP contribution is 2.27. The van der Waals surface area contributed by atoms with Crippen molar-refractivity contribution < 1.29 is 14.3 Å². The van der Waals surface area contributed by atoms with Gasteiger partial charge in [-0.2, -0.15) is 10.1 Å². The van der Waals surface area contributed by atoms with E-state index in [9.17, 15) is 9.59 Å². The number of hydrogen-bond donors (Lipinski definition) is 3. The highest BCUT2D eigenvalue weighted by molar-refractivity contribution is 5.88. The van der Waals surface area contributed by atoms with Crippen molar-refractivity contribution in [2.45, 2.75) is 58.9 Å². The van der Waals surface area contributed by atoms with Crippen LogP contribution in [0.3, 0.4) is 0 Å². The molecule has 2 aromatic carbocycles. The van der Waals surface area contributed by atoms with Crippen molar-refractivity contribution in [3.8, 4) is 17.3 Å². The molecule has 5 rings (SSSR count). The van der Waals surface area contributed by atoms with Crippen molar-refractivity contribution in [3.63, 3.8) is 0 Å². The molecule has 0 atom stereocenters. The van der Waals surface area contributed by atoms with Crippen molar-refractivity contribution >= 4 is 23.7 Å². The van der Waals surface area contributed by atoms with Crippen LogP contribution in [0.1, 0.15) is 56.9 Å². The molecular weight excluding hydrogens is 556 g/mol. The van der Waals surface area contributed by atoms with E-state index in [-0.39, 0.29) is 23.9 Å². The van der Waals surface area contributed by atoms with E-state index in [1.807, 2.05) is 66.4 Å². The SMILES string of the molecule is Cc1ccc(-n2nc(C(C)(C)C)cc2NC(=O)NCc2ccccc2Oc2ccnc(NCCCN3CCCC3=O)n2)cc1. The van der Waals surface area contributed by atoms with Gasteiger partial charge < -0.3 is 20.3 Å². The molecule has 1 aliphatic rings. The number of likely N-dealkylation sites (tertiary alicyclic amines) is 1. The molecule has 1 saturated heterocycles. The Hall–Kier alpha value is -4.93. The van der Waals surface area contributed by atoms with E-state index < -0.39 is 0 Å². The number of aryl methyl sites for hydroxylation is 1. The zero-order chi connectivity index (χ0) is 31.1. The predicted octanol–water partition coefficient (Wildman–Crippen LogP) is 5.81. The Morgan fingerprint density at radius 3 is 2.61 bits per heavy atom. The van der Waals surface area contributed by atoms with Crippen LogP contribution in [0.4, 0.5) is 16.6 Å². The van der Waals surface area contributed by atoms with Crippen molar-refractivity contribution in [2.75, 3.05) is 30.3 Å². The maximum atomic E-state index is 13.1. The third kappa shape index (κ3) is 7.91. The maximum Gasteiger partial charge on any atom is 0.320 e. The molecule has 230 valence electrons. The first-order chi connectivity index (χ1) is 21.2. The fourth-order valence-corrected chi connectivity index (χ4v) is 4.81. The molecule has 3 amide bonds. The van der Waals surface area contributed by atoms with Crippen molar-refractivity contribution in [2.24, 2.45) is 0 Å². The predicted molar refractivity (Wildman–Crippen MR) is 170 cm³/mol. The summed E-state index contributed by atoms with van der Waals surface area (Å²) >= 11 is 0. The van der Waals surface area contributed by atoms with Gasteiger partial charge in [-0.1, -0.05) is 56.7 Å². The Labute approximate surface area is 258 Å². The molecule has 0 radical (unpaired) electrons. The molecule has 1 fully saturated rings. The number of anilines is 2. The summed E-state index contributed by atoms with van der Waals surface area (Å²) in [6, 6.07) is 18.7. The summed E-state index contributed by atoms with van der Waals surface area (Å²) < 4.78 is 7.85. The Kier molecular flexibility index (Phi) is 9.42. The lowest BCUT2D eigenvalue weighted by Gasteiger charge is -2.15. The number of urea groups is 1. The van der Waals surface area contributed by atoms with E-state index in [1.54, 1.807) is 16.9 Å². The number of carbonyl (C=O) groups is 2. The molecular formula is C33H40N8O3. The fraction of sp³-hybridized carbons (Fsp3) is 0.364. The van der Waals surface area contributed by atoms with E-state index in [4.69, 9.17) is 9.84 Å². The lowest BCUT2D eigenvalue weighted by atomic mass is 9.92. The molecule has 0 saturated carbocycles. The molecule has 0 bridgehead atoms. The minimum atomic E-state index is -0.363. The molecule has 44 heavy (non-hydrogen) atoms. The third-order valence-electron chi connectivity index (χ3n) is 7.31. The summed E-state index contributed by atoms with van der Waals surface area (Å²) in [4.78, 5) is 35.5. The quantitative estimate of drug-likeness (QED) is 0.187. The number of aromatic nitrogens is 4. The molecule has 0 aliphatic carbocycles. The number of nitrogens with one attached hydrogen (secondary N) is 3. The molecule has 0 spiro atoms. The fourth-order valence-electron chi connectivity index (χ4n) is 4.81. The second-order valence-electron chi connectivity index (χ2n) is 11.9. The number of ether oxygens (including phenoxy) is 1. The van der Waals surface area contributed by atoms with Crippen LogP contribution < -0.4 is 20.7 Å². The first-order valence-corrected chi connectivity index (χ1v) is 15.0. The zero-order valence-electron chi connectivity index (χ0n) is 25.8. The van der Waals surface area contributed by atoms with Crippen LogP contribution in [0.15, 0.2) is 66.9 Å². The summed E-state index contributed by atoms with van der Waals surface area (Å²) in [6.45, 7) is 10.7. The standard InChI is InChI=1S/C33H40N8O3/c1-23-12-14-25(15-13-23)41-28(21-27(39-41)33(2,3)4)37-32(43)36-22-24-9-5-6-10-26(24)44-29-16-18-35-31(38-29)34-17-8-20-40-19-7-11-30(40)42/h5-6,9-10,12-16,18,21H,7-8,11,17,19-20,22H2,1-4H3,(H,34,35,38)(H2,36,37,43). The van der Waals surface area contributed by atoms with Gasteiger partial charge in [0, 0.05) is 61.9 Å². The Balaban J connectivity index is 1.19. The molecule has 3 heterocycles. The van der Waals surface area contributed by atoms with Crippen LogP contribution >= 0.6 is 0 Å². The molecule has 11 heteroatoms. The highest BCUT2D eigenvalue weighted by Gasteiger charge is 2.22. The van der Waals surface area contributed by atoms with Gasteiger partial charge in [0.05, 0.1) is 11.4 Å². The van der Waals surface area contributed by atoms with Gasteiger partial charge >= 0.3 is 6.03 Å². The largest absolute Gasteiger partial charge is 0.439 e. The maximum absolute atomic E-state index is 13.1. The van der Waals surface area contributed by atoms with Crippen molar-refractivity contribution in [3.05, 3.63) is 83.7 Å². The van der Waals surface area contributed by atoms with Gasteiger partial charge in [-0.3, -0.25) is 10.1 Å². The summed E-state index contributed by atoms with van der Waals surface area (Å²) in [5.41, 5.74) is 3.47. The van der Waals surface area contributed by atoms with Crippen LogP contribution in [-0.2, 0) is 16.8 Å². The molecule has 1 aliphatic heterocycles. The summed E-state index contributed by atoms with van der Waals surface area (Å²) in [5.74, 6) is 2.21. The van der Waals surface area contributed by atoms with Gasteiger partial charge in [0.25, 0.3) is 0 Å². The minimum Gasteiger partial charge on any atom is -0.439 e. The lowest BCUT2D eigenvalue weighted by Crippen LogP contribution is -2.29. The molecule has 2 aromatic heterocycles. The second-order valence-corrected chi connectivity index (χ2v) is 11.9. The number of hydrogen-bond acceptors (Lipinski definition) is 7. The minimum absolute atomic E-state index is 0.191. The first kappa shape index (κ1) is 30.5. The van der Waals surface area contributed by atoms with E-state index in [2.05, 4.69) is 46.7 Å². The van der Waals surface area contributed by atoms with Crippen molar-refractivity contribution in [1.82, 2.24) is 30.0 Å². The third-order valence-corrected chi connectivity index (χ3v) is 7.31. The van der Waals surface area contributed by atoms with Gasteiger partial charge in [0.15, 0.2) is 0 Å². The second kappa shape index (κ2) is 13.6. The number of carbonyl (C=O) groups excluding carboxylic acids is 2. The van der Waals surface area contributed by atoms with Crippen LogP contribution in [0.5, 0.6) is 11.6 Å². The molecule has 4 aromatic rings. The van der Waals surface area contributed by atoms with Gasteiger partial charge in [0.2, 0.25) is 17.7 Å². The summed E-state index contributed by atoms with van der Waals surface area (Å²) in [7, 11) is 0. The number of nitrogens with zero attached hydrogens (tertiary/aromatic N) is 5. The molecule has 3 N–H and O–H groups in total. The Morgan fingerprint density at radius 1 is 1.07 bits per heavy atom. The highest BCUT2D eigenvalue weighted by atomic mass is 16.5. The molecule has 0 unspecified atom stereocenters. The van der Waals surface area contributed by atoms with E-state index in [1.165, 1.54) is 0 Å². The monoisotopic (exact) mass is 596 g/mol. The van der Waals surface area contributed by atoms with E-state index >= 15 is 0 Å². The van der Waals surface area contributed by atoms with Crippen LogP contribution in [0.2, 0.25) is 0 Å². The topological polar surface area (TPSA) is 126 Å². The summed E-state index contributed by atoms with van der Waals surface area (Å²) in [6.07, 6.45) is 4.02. The van der Waals surface area contributed by atoms with E-state index in [0.717, 1.165) is 48.4 Å². The van der Waals surface area contributed by atoms with Crippen LogP contribution in [0, 0.1) is 6.92 Å². The number of benzene rings is 2. The molecule has 11 nitrogen and oxygen atoms in total.